The highest BCUT2D eigenvalue weighted by atomic mass is 16.5. The Labute approximate surface area is 115 Å². The average molecular weight is 264 g/mol. The van der Waals surface area contributed by atoms with Crippen LogP contribution in [0.15, 0.2) is 18.2 Å². The zero-order valence-electron chi connectivity index (χ0n) is 12.4. The molecule has 0 radical (unpaired) electrons. The number of aryl methyl sites for hydroxylation is 1. The van der Waals surface area contributed by atoms with Gasteiger partial charge in [-0.05, 0) is 42.5 Å². The number of benzene rings is 1. The van der Waals surface area contributed by atoms with Crippen molar-refractivity contribution in [3.05, 3.63) is 29.3 Å². The van der Waals surface area contributed by atoms with Gasteiger partial charge in [-0.25, -0.2) is 4.79 Å². The van der Waals surface area contributed by atoms with Crippen LogP contribution in [0.25, 0.3) is 0 Å². The molecule has 0 aliphatic heterocycles. The molecule has 1 unspecified atom stereocenters. The minimum absolute atomic E-state index is 0.305. The quantitative estimate of drug-likeness (QED) is 0.702. The Morgan fingerprint density at radius 3 is 2.63 bits per heavy atom. The first-order chi connectivity index (χ1) is 9.12. The number of carbonyl (C=O) groups excluding carboxylic acids is 1. The van der Waals surface area contributed by atoms with Crippen molar-refractivity contribution in [2.24, 2.45) is 5.92 Å². The first-order valence-electron chi connectivity index (χ1n) is 6.96. The minimum atomic E-state index is -0.305. The summed E-state index contributed by atoms with van der Waals surface area (Å²) >= 11 is 0. The summed E-state index contributed by atoms with van der Waals surface area (Å²) in [5, 5.41) is 0. The van der Waals surface area contributed by atoms with E-state index in [1.54, 1.807) is 6.07 Å². The monoisotopic (exact) mass is 264 g/mol. The molecule has 0 aromatic heterocycles. The fraction of sp³-hybridized carbons (Fsp3) is 0.562. The highest BCUT2D eigenvalue weighted by molar-refractivity contribution is 5.89. The van der Waals surface area contributed by atoms with Crippen molar-refractivity contribution in [1.82, 2.24) is 0 Å². The van der Waals surface area contributed by atoms with Gasteiger partial charge in [0.25, 0.3) is 0 Å². The summed E-state index contributed by atoms with van der Waals surface area (Å²) < 4.78 is 10.5. The number of ether oxygens (including phenoxy) is 2. The Morgan fingerprint density at radius 1 is 1.32 bits per heavy atom. The summed E-state index contributed by atoms with van der Waals surface area (Å²) in [6, 6.07) is 5.47. The number of rotatable bonds is 7. The van der Waals surface area contributed by atoms with E-state index in [-0.39, 0.29) is 5.97 Å². The summed E-state index contributed by atoms with van der Waals surface area (Å²) in [5.74, 6) is 1.25. The van der Waals surface area contributed by atoms with E-state index in [0.717, 1.165) is 30.8 Å². The normalized spacial score (nSPS) is 12.0. The molecule has 1 aromatic rings. The van der Waals surface area contributed by atoms with Gasteiger partial charge < -0.3 is 9.47 Å². The minimum Gasteiger partial charge on any atom is -0.493 e. The predicted molar refractivity (Wildman–Crippen MR) is 76.7 cm³/mol. The van der Waals surface area contributed by atoms with Crippen LogP contribution in [0.2, 0.25) is 0 Å². The second-order valence-corrected chi connectivity index (χ2v) is 4.82. The van der Waals surface area contributed by atoms with Crippen LogP contribution in [0, 0.1) is 5.92 Å². The van der Waals surface area contributed by atoms with E-state index in [9.17, 15) is 4.79 Å². The van der Waals surface area contributed by atoms with Crippen LogP contribution in [0.1, 0.15) is 49.5 Å². The largest absolute Gasteiger partial charge is 0.493 e. The van der Waals surface area contributed by atoms with Crippen LogP contribution >= 0.6 is 0 Å². The molecule has 1 atom stereocenters. The Kier molecular flexibility index (Phi) is 6.40. The standard InChI is InChI=1S/C16H24O3/c1-5-12(3)9-10-19-15-8-7-14(16(17)18-4)11-13(15)6-2/h7-8,11-12H,5-6,9-10H2,1-4H3. The summed E-state index contributed by atoms with van der Waals surface area (Å²) in [6.07, 6.45) is 3.06. The van der Waals surface area contributed by atoms with Crippen molar-refractivity contribution >= 4 is 5.97 Å². The van der Waals surface area contributed by atoms with Gasteiger partial charge in [0.05, 0.1) is 19.3 Å². The second kappa shape index (κ2) is 7.82. The maximum Gasteiger partial charge on any atom is 0.337 e. The van der Waals surface area contributed by atoms with Gasteiger partial charge >= 0.3 is 5.97 Å². The Bertz CT molecular complexity index is 412. The molecule has 0 N–H and O–H groups in total. The molecule has 3 nitrogen and oxygen atoms in total. The second-order valence-electron chi connectivity index (χ2n) is 4.82. The summed E-state index contributed by atoms with van der Waals surface area (Å²) in [4.78, 5) is 11.5. The molecule has 0 bridgehead atoms. The van der Waals surface area contributed by atoms with E-state index in [0.29, 0.717) is 11.5 Å². The fourth-order valence-electron chi connectivity index (χ4n) is 1.82. The molecule has 1 aromatic carbocycles. The molecule has 0 spiro atoms. The number of methoxy groups -OCH3 is 1. The van der Waals surface area contributed by atoms with Gasteiger partial charge in [-0.3, -0.25) is 0 Å². The first-order valence-corrected chi connectivity index (χ1v) is 6.96. The topological polar surface area (TPSA) is 35.5 Å². The molecule has 1 rings (SSSR count). The Hall–Kier alpha value is -1.51. The van der Waals surface area contributed by atoms with Crippen molar-refractivity contribution in [3.8, 4) is 5.75 Å². The number of esters is 1. The number of hydrogen-bond acceptors (Lipinski definition) is 3. The highest BCUT2D eigenvalue weighted by Gasteiger charge is 2.10. The van der Waals surface area contributed by atoms with Crippen molar-refractivity contribution in [3.63, 3.8) is 0 Å². The van der Waals surface area contributed by atoms with Crippen molar-refractivity contribution in [2.45, 2.75) is 40.0 Å². The zero-order chi connectivity index (χ0) is 14.3. The molecule has 0 amide bonds. The third-order valence-corrected chi connectivity index (χ3v) is 3.43. The molecule has 0 aliphatic carbocycles. The van der Waals surface area contributed by atoms with E-state index in [1.165, 1.54) is 13.5 Å². The molecule has 0 saturated carbocycles. The molecule has 0 fully saturated rings. The lowest BCUT2D eigenvalue weighted by atomic mass is 10.1. The zero-order valence-corrected chi connectivity index (χ0v) is 12.4. The van der Waals surface area contributed by atoms with E-state index >= 15 is 0 Å². The number of carbonyl (C=O) groups is 1. The summed E-state index contributed by atoms with van der Waals surface area (Å²) in [6.45, 7) is 7.19. The number of hydrogen-bond donors (Lipinski definition) is 0. The van der Waals surface area contributed by atoms with Crippen LogP contribution in [-0.2, 0) is 11.2 Å². The van der Waals surface area contributed by atoms with Gasteiger partial charge in [0.1, 0.15) is 5.75 Å². The molecule has 0 aliphatic rings. The van der Waals surface area contributed by atoms with E-state index in [4.69, 9.17) is 9.47 Å². The Balaban J connectivity index is 2.70. The van der Waals surface area contributed by atoms with Crippen molar-refractivity contribution in [1.29, 1.82) is 0 Å². The molecule has 0 saturated heterocycles. The van der Waals surface area contributed by atoms with E-state index < -0.39 is 0 Å². The molecule has 106 valence electrons. The van der Waals surface area contributed by atoms with Crippen LogP contribution in [0.3, 0.4) is 0 Å². The maximum absolute atomic E-state index is 11.5. The predicted octanol–water partition coefficient (Wildman–Crippen LogP) is 3.85. The van der Waals surface area contributed by atoms with Crippen LogP contribution in [-0.4, -0.2) is 19.7 Å². The SMILES string of the molecule is CCc1cc(C(=O)OC)ccc1OCCC(C)CC. The summed E-state index contributed by atoms with van der Waals surface area (Å²) in [7, 11) is 1.39. The lowest BCUT2D eigenvalue weighted by Crippen LogP contribution is -2.06. The highest BCUT2D eigenvalue weighted by Crippen LogP contribution is 2.22. The average Bonchev–Trinajstić information content (AvgIpc) is 2.46. The molecule has 19 heavy (non-hydrogen) atoms. The van der Waals surface area contributed by atoms with Gasteiger partial charge in [-0.1, -0.05) is 27.2 Å². The van der Waals surface area contributed by atoms with Gasteiger partial charge in [0, 0.05) is 0 Å². The Morgan fingerprint density at radius 2 is 2.05 bits per heavy atom. The molecular weight excluding hydrogens is 240 g/mol. The van der Waals surface area contributed by atoms with Crippen LogP contribution in [0.4, 0.5) is 0 Å². The molecule has 0 heterocycles. The van der Waals surface area contributed by atoms with Gasteiger partial charge in [0.15, 0.2) is 0 Å². The molecular formula is C16H24O3. The first kappa shape index (κ1) is 15.5. The smallest absolute Gasteiger partial charge is 0.337 e. The van der Waals surface area contributed by atoms with Crippen LogP contribution < -0.4 is 4.74 Å². The van der Waals surface area contributed by atoms with Crippen LogP contribution in [0.5, 0.6) is 5.75 Å². The van der Waals surface area contributed by atoms with Gasteiger partial charge in [-0.15, -0.1) is 0 Å². The van der Waals surface area contributed by atoms with Gasteiger partial charge in [0.2, 0.25) is 0 Å². The van der Waals surface area contributed by atoms with Gasteiger partial charge in [-0.2, -0.15) is 0 Å². The third kappa shape index (κ3) is 4.58. The van der Waals surface area contributed by atoms with Crippen molar-refractivity contribution in [2.75, 3.05) is 13.7 Å². The summed E-state index contributed by atoms with van der Waals surface area (Å²) in [5.41, 5.74) is 1.63. The molecule has 3 heteroatoms. The third-order valence-electron chi connectivity index (χ3n) is 3.43. The fourth-order valence-corrected chi connectivity index (χ4v) is 1.82. The van der Waals surface area contributed by atoms with E-state index in [1.807, 2.05) is 12.1 Å². The lowest BCUT2D eigenvalue weighted by molar-refractivity contribution is 0.0600. The van der Waals surface area contributed by atoms with E-state index in [2.05, 4.69) is 20.8 Å². The maximum atomic E-state index is 11.5. The van der Waals surface area contributed by atoms with Crippen molar-refractivity contribution < 1.29 is 14.3 Å². The lowest BCUT2D eigenvalue weighted by Gasteiger charge is -2.13.